The standard InChI is InChI=1S/C31H44O2/c1-20-9-7-8-10-26(20)33-19-21(2)23-12-13-24-22-11-14-27-29(3,4)28(32)16-18-31(27,6)25(22)15-17-30(23,24)5/h7-11,14,21,23,25,27-28,32H,12-13,15-19H2,1-6H3/t21-,23-,25+,27+,28+,30-,31-/m1/s1. The van der Waals surface area contributed by atoms with Crippen LogP contribution >= 0.6 is 0 Å². The lowest BCUT2D eigenvalue weighted by Crippen LogP contribution is -2.54. The van der Waals surface area contributed by atoms with Crippen LogP contribution in [0.2, 0.25) is 0 Å². The van der Waals surface area contributed by atoms with Gasteiger partial charge in [-0.15, -0.1) is 0 Å². The highest BCUT2D eigenvalue weighted by atomic mass is 16.5. The van der Waals surface area contributed by atoms with Crippen molar-refractivity contribution in [3.8, 4) is 5.75 Å². The fourth-order valence-corrected chi connectivity index (χ4v) is 8.71. The van der Waals surface area contributed by atoms with E-state index in [4.69, 9.17) is 4.74 Å². The van der Waals surface area contributed by atoms with Crippen molar-refractivity contribution < 1.29 is 9.84 Å². The van der Waals surface area contributed by atoms with Crippen molar-refractivity contribution >= 4 is 0 Å². The van der Waals surface area contributed by atoms with E-state index < -0.39 is 0 Å². The van der Waals surface area contributed by atoms with Crippen LogP contribution in [-0.4, -0.2) is 17.8 Å². The molecule has 0 bridgehead atoms. The first-order chi connectivity index (χ1) is 15.6. The van der Waals surface area contributed by atoms with Gasteiger partial charge >= 0.3 is 0 Å². The predicted molar refractivity (Wildman–Crippen MR) is 136 cm³/mol. The molecule has 0 aliphatic heterocycles. The minimum absolute atomic E-state index is 0.0416. The Labute approximate surface area is 201 Å². The molecule has 0 heterocycles. The summed E-state index contributed by atoms with van der Waals surface area (Å²) >= 11 is 0. The summed E-state index contributed by atoms with van der Waals surface area (Å²) in [6, 6.07) is 8.39. The van der Waals surface area contributed by atoms with Crippen molar-refractivity contribution in [3.63, 3.8) is 0 Å². The zero-order valence-electron chi connectivity index (χ0n) is 21.7. The molecule has 180 valence electrons. The Morgan fingerprint density at radius 2 is 1.82 bits per heavy atom. The van der Waals surface area contributed by atoms with E-state index in [2.05, 4.69) is 78.0 Å². The number of allylic oxidation sites excluding steroid dienone is 4. The molecule has 7 atom stereocenters. The van der Waals surface area contributed by atoms with E-state index in [1.54, 1.807) is 11.1 Å². The lowest BCUT2D eigenvalue weighted by atomic mass is 9.46. The number of hydrogen-bond acceptors (Lipinski definition) is 2. The molecule has 1 aromatic rings. The Hall–Kier alpha value is -1.54. The third-order valence-electron chi connectivity index (χ3n) is 10.8. The molecule has 2 saturated carbocycles. The number of ether oxygens (including phenoxy) is 1. The van der Waals surface area contributed by atoms with Crippen LogP contribution in [0.5, 0.6) is 5.75 Å². The average Bonchev–Trinajstić information content (AvgIpc) is 3.13. The van der Waals surface area contributed by atoms with Gasteiger partial charge in [0, 0.05) is 0 Å². The van der Waals surface area contributed by atoms with Crippen LogP contribution in [0.1, 0.15) is 78.7 Å². The maximum absolute atomic E-state index is 10.8. The van der Waals surface area contributed by atoms with Crippen molar-refractivity contribution in [1.29, 1.82) is 0 Å². The molecule has 0 aromatic heterocycles. The molecule has 2 nitrogen and oxygen atoms in total. The molecule has 1 N–H and O–H groups in total. The number of hydrogen-bond donors (Lipinski definition) is 1. The molecule has 0 radical (unpaired) electrons. The molecule has 0 amide bonds. The Morgan fingerprint density at radius 3 is 2.58 bits per heavy atom. The molecule has 2 fully saturated rings. The quantitative estimate of drug-likeness (QED) is 0.516. The molecular formula is C31H44O2. The van der Waals surface area contributed by atoms with Gasteiger partial charge in [0.1, 0.15) is 5.75 Å². The highest BCUT2D eigenvalue weighted by Gasteiger charge is 2.58. The first-order valence-corrected chi connectivity index (χ1v) is 13.4. The number of aliphatic hydroxyl groups excluding tert-OH is 1. The lowest BCUT2D eigenvalue weighted by molar-refractivity contribution is -0.0977. The summed E-state index contributed by atoms with van der Waals surface area (Å²) in [5.41, 5.74) is 5.19. The number of aryl methyl sites for hydroxylation is 1. The second kappa shape index (κ2) is 8.01. The van der Waals surface area contributed by atoms with Gasteiger partial charge in [0.2, 0.25) is 0 Å². The van der Waals surface area contributed by atoms with Gasteiger partial charge in [0.15, 0.2) is 0 Å². The minimum atomic E-state index is -0.187. The molecule has 0 saturated heterocycles. The number of para-hydroxylation sites is 1. The third kappa shape index (κ3) is 3.46. The second-order valence-electron chi connectivity index (χ2n) is 12.9. The van der Waals surface area contributed by atoms with E-state index in [0.29, 0.717) is 29.1 Å². The van der Waals surface area contributed by atoms with E-state index in [1.807, 2.05) is 0 Å². The third-order valence-corrected chi connectivity index (χ3v) is 10.8. The molecule has 4 aliphatic carbocycles. The highest BCUT2D eigenvalue weighted by molar-refractivity contribution is 5.42. The van der Waals surface area contributed by atoms with Gasteiger partial charge in [-0.05, 0) is 103 Å². The molecule has 5 rings (SSSR count). The number of fused-ring (bicyclic) bond motifs is 4. The molecular weight excluding hydrogens is 404 g/mol. The van der Waals surface area contributed by atoms with Gasteiger partial charge in [-0.3, -0.25) is 0 Å². The largest absolute Gasteiger partial charge is 0.493 e. The van der Waals surface area contributed by atoms with E-state index in [9.17, 15) is 5.11 Å². The van der Waals surface area contributed by atoms with Gasteiger partial charge in [-0.1, -0.05) is 70.5 Å². The SMILES string of the molecule is Cc1ccccc1OC[C@@H](C)[C@H]1CCC2=C3C=C[C@H]4C(C)(C)[C@@H](O)CC[C@]4(C)[C@H]3CC[C@@]21C. The predicted octanol–water partition coefficient (Wildman–Crippen LogP) is 7.51. The topological polar surface area (TPSA) is 29.5 Å². The van der Waals surface area contributed by atoms with E-state index in [1.165, 1.54) is 31.2 Å². The van der Waals surface area contributed by atoms with E-state index in [0.717, 1.165) is 25.2 Å². The van der Waals surface area contributed by atoms with Gasteiger partial charge in [0.25, 0.3) is 0 Å². The van der Waals surface area contributed by atoms with Crippen molar-refractivity contribution in [1.82, 2.24) is 0 Å². The maximum Gasteiger partial charge on any atom is 0.122 e. The van der Waals surface area contributed by atoms with Crippen molar-refractivity contribution in [2.75, 3.05) is 6.61 Å². The van der Waals surface area contributed by atoms with Gasteiger partial charge in [-0.25, -0.2) is 0 Å². The first-order valence-electron chi connectivity index (χ1n) is 13.4. The normalized spacial score (nSPS) is 40.1. The Kier molecular flexibility index (Phi) is 5.63. The van der Waals surface area contributed by atoms with Crippen molar-refractivity contribution in [3.05, 3.63) is 53.1 Å². The molecule has 1 aromatic carbocycles. The minimum Gasteiger partial charge on any atom is -0.493 e. The summed E-state index contributed by atoms with van der Waals surface area (Å²) in [7, 11) is 0. The zero-order chi connectivity index (χ0) is 23.6. The summed E-state index contributed by atoms with van der Waals surface area (Å²) < 4.78 is 6.31. The summed E-state index contributed by atoms with van der Waals surface area (Å²) in [5, 5.41) is 10.8. The first kappa shape index (κ1) is 23.2. The monoisotopic (exact) mass is 448 g/mol. The summed E-state index contributed by atoms with van der Waals surface area (Å²) in [6.45, 7) is 15.0. The van der Waals surface area contributed by atoms with Gasteiger partial charge < -0.3 is 9.84 Å². The number of benzene rings is 1. The van der Waals surface area contributed by atoms with Crippen molar-refractivity contribution in [2.24, 2.45) is 39.9 Å². The Balaban J connectivity index is 1.41. The molecule has 4 aliphatic rings. The molecule has 33 heavy (non-hydrogen) atoms. The summed E-state index contributed by atoms with van der Waals surface area (Å²) in [4.78, 5) is 0. The van der Waals surface area contributed by atoms with Crippen LogP contribution in [0.3, 0.4) is 0 Å². The zero-order valence-corrected chi connectivity index (χ0v) is 21.7. The second-order valence-corrected chi connectivity index (χ2v) is 12.9. The van der Waals surface area contributed by atoms with Crippen LogP contribution < -0.4 is 4.74 Å². The molecule has 0 unspecified atom stereocenters. The maximum atomic E-state index is 10.8. The Morgan fingerprint density at radius 1 is 1.06 bits per heavy atom. The van der Waals surface area contributed by atoms with Crippen LogP contribution in [0.25, 0.3) is 0 Å². The van der Waals surface area contributed by atoms with Crippen LogP contribution in [0, 0.1) is 46.8 Å². The van der Waals surface area contributed by atoms with Gasteiger partial charge in [-0.2, -0.15) is 0 Å². The Bertz CT molecular complexity index is 971. The van der Waals surface area contributed by atoms with E-state index >= 15 is 0 Å². The fraction of sp³-hybridized carbons (Fsp3) is 0.677. The van der Waals surface area contributed by atoms with Crippen molar-refractivity contribution in [2.45, 2.75) is 86.2 Å². The fourth-order valence-electron chi connectivity index (χ4n) is 8.71. The van der Waals surface area contributed by atoms with Crippen LogP contribution in [0.15, 0.2) is 47.6 Å². The number of rotatable bonds is 4. The van der Waals surface area contributed by atoms with Gasteiger partial charge in [0.05, 0.1) is 12.7 Å². The molecule has 2 heteroatoms. The summed E-state index contributed by atoms with van der Waals surface area (Å²) in [5.74, 6) is 3.38. The highest BCUT2D eigenvalue weighted by Crippen LogP contribution is 2.66. The van der Waals surface area contributed by atoms with Crippen LogP contribution in [-0.2, 0) is 0 Å². The average molecular weight is 449 g/mol. The van der Waals surface area contributed by atoms with E-state index in [-0.39, 0.29) is 16.9 Å². The smallest absolute Gasteiger partial charge is 0.122 e. The number of aliphatic hydroxyl groups is 1. The lowest BCUT2D eigenvalue weighted by Gasteiger charge is -2.59. The summed E-state index contributed by atoms with van der Waals surface area (Å²) in [6.07, 6.45) is 12.0. The van der Waals surface area contributed by atoms with Crippen LogP contribution in [0.4, 0.5) is 0 Å². The molecule has 0 spiro atoms.